The van der Waals surface area contributed by atoms with Crippen molar-refractivity contribution >= 4 is 36.6 Å². The predicted molar refractivity (Wildman–Crippen MR) is 118 cm³/mol. The molecule has 0 aliphatic heterocycles. The highest BCUT2D eigenvalue weighted by atomic mass is 32.2. The van der Waals surface area contributed by atoms with E-state index in [4.69, 9.17) is 4.74 Å². The van der Waals surface area contributed by atoms with Gasteiger partial charge in [-0.2, -0.15) is 4.39 Å². The molecule has 0 fully saturated rings. The SMILES string of the molecule is CSC(Oc1cc2cc(C#C[Si](C)(C)C)cnc2c(F)c1F)C(=O)NC(C)(C)C. The molecule has 1 amide bonds. The first-order chi connectivity index (χ1) is 13.3. The molecule has 1 aromatic heterocycles. The number of benzene rings is 1. The van der Waals surface area contributed by atoms with Crippen molar-refractivity contribution in [2.24, 2.45) is 0 Å². The summed E-state index contributed by atoms with van der Waals surface area (Å²) in [5.41, 5.74) is 2.22. The van der Waals surface area contributed by atoms with E-state index >= 15 is 0 Å². The fraction of sp³-hybridized carbons (Fsp3) is 0.429. The summed E-state index contributed by atoms with van der Waals surface area (Å²) in [6, 6.07) is 3.00. The van der Waals surface area contributed by atoms with Gasteiger partial charge in [0.25, 0.3) is 5.91 Å². The molecule has 1 unspecified atom stereocenters. The van der Waals surface area contributed by atoms with Crippen LogP contribution in [-0.4, -0.2) is 36.2 Å². The van der Waals surface area contributed by atoms with Gasteiger partial charge >= 0.3 is 0 Å². The number of nitrogens with zero attached hydrogens (tertiary/aromatic N) is 1. The van der Waals surface area contributed by atoms with E-state index in [1.807, 2.05) is 20.8 Å². The molecule has 8 heteroatoms. The summed E-state index contributed by atoms with van der Waals surface area (Å²) in [6.45, 7) is 11.8. The van der Waals surface area contributed by atoms with Crippen LogP contribution < -0.4 is 10.1 Å². The van der Waals surface area contributed by atoms with Gasteiger partial charge in [0.1, 0.15) is 13.6 Å². The highest BCUT2D eigenvalue weighted by Gasteiger charge is 2.26. The predicted octanol–water partition coefficient (Wildman–Crippen LogP) is 4.72. The molecule has 0 bridgehead atoms. The Kier molecular flexibility index (Phi) is 6.96. The van der Waals surface area contributed by atoms with Crippen LogP contribution in [-0.2, 0) is 4.79 Å². The van der Waals surface area contributed by atoms with Gasteiger partial charge in [-0.05, 0) is 39.2 Å². The third kappa shape index (κ3) is 6.44. The quantitative estimate of drug-likeness (QED) is 0.428. The highest BCUT2D eigenvalue weighted by Crippen LogP contribution is 2.30. The van der Waals surface area contributed by atoms with Gasteiger partial charge < -0.3 is 10.1 Å². The molecular weight excluding hydrogens is 410 g/mol. The average molecular weight is 437 g/mol. The average Bonchev–Trinajstić information content (AvgIpc) is 2.59. The third-order valence-corrected chi connectivity index (χ3v) is 5.18. The number of hydrogen-bond donors (Lipinski definition) is 1. The minimum atomic E-state index is -1.59. The van der Waals surface area contributed by atoms with E-state index in [0.29, 0.717) is 10.9 Å². The number of ether oxygens (including phenoxy) is 1. The zero-order valence-electron chi connectivity index (χ0n) is 17.7. The minimum Gasteiger partial charge on any atom is -0.467 e. The fourth-order valence-electron chi connectivity index (χ4n) is 2.36. The first-order valence-corrected chi connectivity index (χ1v) is 13.9. The molecule has 1 N–H and O–H groups in total. The van der Waals surface area contributed by atoms with Crippen molar-refractivity contribution in [1.29, 1.82) is 0 Å². The number of nitrogens with one attached hydrogen (secondary N) is 1. The number of carbonyl (C=O) groups excluding carboxylic acids is 1. The number of halogens is 2. The maximum Gasteiger partial charge on any atom is 0.272 e. The monoisotopic (exact) mass is 436 g/mol. The molecule has 2 aromatic rings. The molecule has 0 aliphatic rings. The van der Waals surface area contributed by atoms with Crippen molar-refractivity contribution in [3.63, 3.8) is 0 Å². The van der Waals surface area contributed by atoms with Gasteiger partial charge in [0.15, 0.2) is 11.6 Å². The number of hydrogen-bond acceptors (Lipinski definition) is 4. The number of thioether (sulfide) groups is 1. The fourth-order valence-corrected chi connectivity index (χ4v) is 3.35. The van der Waals surface area contributed by atoms with Gasteiger partial charge in [0.2, 0.25) is 11.3 Å². The van der Waals surface area contributed by atoms with Crippen LogP contribution in [0.25, 0.3) is 10.9 Å². The van der Waals surface area contributed by atoms with E-state index in [0.717, 1.165) is 11.8 Å². The smallest absolute Gasteiger partial charge is 0.272 e. The molecule has 29 heavy (non-hydrogen) atoms. The second-order valence-electron chi connectivity index (χ2n) is 8.72. The molecule has 4 nitrogen and oxygen atoms in total. The highest BCUT2D eigenvalue weighted by molar-refractivity contribution is 7.99. The van der Waals surface area contributed by atoms with E-state index < -0.39 is 36.6 Å². The van der Waals surface area contributed by atoms with Crippen molar-refractivity contribution in [3.05, 3.63) is 35.5 Å². The minimum absolute atomic E-state index is 0.103. The lowest BCUT2D eigenvalue weighted by Gasteiger charge is -2.24. The molecular formula is C21H26F2N2O2SSi. The van der Waals surface area contributed by atoms with Crippen LogP contribution in [0.3, 0.4) is 0 Å². The van der Waals surface area contributed by atoms with Crippen LogP contribution in [0.4, 0.5) is 8.78 Å². The number of amides is 1. The Balaban J connectivity index is 2.43. The molecule has 0 saturated heterocycles. The Morgan fingerprint density at radius 2 is 1.90 bits per heavy atom. The van der Waals surface area contributed by atoms with Gasteiger partial charge in [0.05, 0.1) is 0 Å². The zero-order chi connectivity index (χ0) is 22.0. The number of pyridine rings is 1. The van der Waals surface area contributed by atoms with Crippen LogP contribution in [0.15, 0.2) is 18.3 Å². The third-order valence-electron chi connectivity index (χ3n) is 3.56. The molecule has 0 spiro atoms. The largest absolute Gasteiger partial charge is 0.467 e. The summed E-state index contributed by atoms with van der Waals surface area (Å²) in [5.74, 6) is 0.00864. The van der Waals surface area contributed by atoms with Crippen LogP contribution in [0, 0.1) is 23.1 Å². The summed E-state index contributed by atoms with van der Waals surface area (Å²) in [5, 5.41) is 3.13. The second kappa shape index (κ2) is 8.72. The van der Waals surface area contributed by atoms with Crippen molar-refractivity contribution in [2.45, 2.75) is 51.4 Å². The van der Waals surface area contributed by atoms with Crippen LogP contribution >= 0.6 is 11.8 Å². The van der Waals surface area contributed by atoms with Crippen LogP contribution in [0.2, 0.25) is 19.6 Å². The number of fused-ring (bicyclic) bond motifs is 1. The van der Waals surface area contributed by atoms with Gasteiger partial charge in [0, 0.05) is 22.7 Å². The number of rotatable bonds is 4. The van der Waals surface area contributed by atoms with Crippen LogP contribution in [0.5, 0.6) is 5.75 Å². The first kappa shape index (κ1) is 23.2. The van der Waals surface area contributed by atoms with E-state index in [9.17, 15) is 13.6 Å². The molecule has 156 valence electrons. The molecule has 1 heterocycles. The Bertz CT molecular complexity index is 989. The van der Waals surface area contributed by atoms with Crippen molar-refractivity contribution in [3.8, 4) is 17.2 Å². The summed E-state index contributed by atoms with van der Waals surface area (Å²) in [6.07, 6.45) is 3.09. The van der Waals surface area contributed by atoms with Gasteiger partial charge in [-0.15, -0.1) is 17.3 Å². The lowest BCUT2D eigenvalue weighted by molar-refractivity contribution is -0.125. The molecule has 1 aromatic carbocycles. The van der Waals surface area contributed by atoms with E-state index in [2.05, 4.69) is 41.4 Å². The lowest BCUT2D eigenvalue weighted by atomic mass is 10.1. The van der Waals surface area contributed by atoms with E-state index in [1.54, 1.807) is 12.3 Å². The Hall–Kier alpha value is -2.11. The topological polar surface area (TPSA) is 51.2 Å². The first-order valence-electron chi connectivity index (χ1n) is 9.13. The Morgan fingerprint density at radius 1 is 1.24 bits per heavy atom. The second-order valence-corrected chi connectivity index (χ2v) is 14.4. The van der Waals surface area contributed by atoms with Crippen molar-refractivity contribution in [1.82, 2.24) is 10.3 Å². The van der Waals surface area contributed by atoms with Crippen molar-refractivity contribution < 1.29 is 18.3 Å². The summed E-state index contributed by atoms with van der Waals surface area (Å²) < 4.78 is 34.6. The molecule has 0 radical (unpaired) electrons. The molecule has 0 aliphatic carbocycles. The molecule has 0 saturated carbocycles. The number of carbonyl (C=O) groups is 1. The summed E-state index contributed by atoms with van der Waals surface area (Å²) >= 11 is 1.09. The maximum absolute atomic E-state index is 14.5. The van der Waals surface area contributed by atoms with E-state index in [-0.39, 0.29) is 11.3 Å². The van der Waals surface area contributed by atoms with Gasteiger partial charge in [-0.25, -0.2) is 4.39 Å². The van der Waals surface area contributed by atoms with Gasteiger partial charge in [-0.1, -0.05) is 25.6 Å². The lowest BCUT2D eigenvalue weighted by Crippen LogP contribution is -2.46. The molecule has 1 atom stereocenters. The Labute approximate surface area is 175 Å². The number of aromatic nitrogens is 1. The summed E-state index contributed by atoms with van der Waals surface area (Å²) in [7, 11) is -1.59. The van der Waals surface area contributed by atoms with E-state index in [1.165, 1.54) is 12.3 Å². The molecule has 2 rings (SSSR count). The summed E-state index contributed by atoms with van der Waals surface area (Å²) in [4.78, 5) is 16.4. The zero-order valence-corrected chi connectivity index (χ0v) is 19.6. The standard InChI is InChI=1S/C21H26F2N2O2SSi/c1-21(2,3)25-19(26)20(28-4)27-15-11-14-10-13(8-9-29(5,6)7)12-24-18(14)17(23)16(15)22/h10-12,20H,1-7H3,(H,25,26). The van der Waals surface area contributed by atoms with Crippen molar-refractivity contribution in [2.75, 3.05) is 6.26 Å². The van der Waals surface area contributed by atoms with Gasteiger partial charge in [-0.3, -0.25) is 9.78 Å². The maximum atomic E-state index is 14.5. The van der Waals surface area contributed by atoms with Crippen LogP contribution in [0.1, 0.15) is 26.3 Å². The normalized spacial score (nSPS) is 12.9. The Morgan fingerprint density at radius 3 is 2.45 bits per heavy atom.